The van der Waals surface area contributed by atoms with Gasteiger partial charge in [-0.25, -0.2) is 4.98 Å². The molecule has 2 heterocycles. The summed E-state index contributed by atoms with van der Waals surface area (Å²) >= 11 is 1.46. The van der Waals surface area contributed by atoms with Crippen LogP contribution in [0.1, 0.15) is 12.8 Å². The van der Waals surface area contributed by atoms with Crippen LogP contribution in [0.25, 0.3) is 0 Å². The van der Waals surface area contributed by atoms with E-state index >= 15 is 0 Å². The highest BCUT2D eigenvalue weighted by molar-refractivity contribution is 7.85. The van der Waals surface area contributed by atoms with E-state index in [4.69, 9.17) is 5.73 Å². The van der Waals surface area contributed by atoms with Crippen molar-refractivity contribution >= 4 is 32.3 Å². The summed E-state index contributed by atoms with van der Waals surface area (Å²) in [6.07, 6.45) is 3.59. The van der Waals surface area contributed by atoms with Crippen molar-refractivity contribution in [2.75, 3.05) is 22.6 Å². The fourth-order valence-corrected chi connectivity index (χ4v) is 3.42. The lowest BCUT2D eigenvalue weighted by molar-refractivity contribution is 0.624. The van der Waals surface area contributed by atoms with E-state index in [1.165, 1.54) is 11.3 Å². The SMILES string of the molecule is Nc1cnc(NC2CCS(=O)CC2)s1. The zero-order valence-corrected chi connectivity index (χ0v) is 9.37. The Balaban J connectivity index is 1.89. The zero-order valence-electron chi connectivity index (χ0n) is 7.73. The Morgan fingerprint density at radius 1 is 1.57 bits per heavy atom. The van der Waals surface area contributed by atoms with Gasteiger partial charge < -0.3 is 11.1 Å². The van der Waals surface area contributed by atoms with Gasteiger partial charge in [0.2, 0.25) is 0 Å². The molecule has 1 saturated heterocycles. The van der Waals surface area contributed by atoms with E-state index in [-0.39, 0.29) is 0 Å². The first kappa shape index (κ1) is 9.92. The largest absolute Gasteiger partial charge is 0.389 e. The molecule has 0 spiro atoms. The fourth-order valence-electron chi connectivity index (χ4n) is 1.47. The number of nitrogen functional groups attached to an aromatic ring is 1. The molecular formula is C8H13N3OS2. The number of nitrogens with two attached hydrogens (primary N) is 1. The molecule has 0 aliphatic carbocycles. The van der Waals surface area contributed by atoms with Crippen LogP contribution >= 0.6 is 11.3 Å². The van der Waals surface area contributed by atoms with E-state index in [0.717, 1.165) is 34.5 Å². The van der Waals surface area contributed by atoms with Gasteiger partial charge in [-0.1, -0.05) is 11.3 Å². The second kappa shape index (κ2) is 4.27. The first-order chi connectivity index (χ1) is 6.74. The molecule has 2 rings (SSSR count). The molecule has 1 fully saturated rings. The minimum absolute atomic E-state index is 0.415. The Morgan fingerprint density at radius 2 is 2.29 bits per heavy atom. The third kappa shape index (κ3) is 2.45. The van der Waals surface area contributed by atoms with Gasteiger partial charge in [0.15, 0.2) is 5.13 Å². The van der Waals surface area contributed by atoms with Crippen molar-refractivity contribution in [1.82, 2.24) is 4.98 Å². The summed E-state index contributed by atoms with van der Waals surface area (Å²) in [5.74, 6) is 1.61. The number of anilines is 2. The summed E-state index contributed by atoms with van der Waals surface area (Å²) in [4.78, 5) is 4.14. The summed E-state index contributed by atoms with van der Waals surface area (Å²) < 4.78 is 11.1. The molecule has 78 valence electrons. The molecule has 0 radical (unpaired) electrons. The molecule has 1 aromatic rings. The molecule has 1 aliphatic rings. The van der Waals surface area contributed by atoms with Crippen molar-refractivity contribution in [3.63, 3.8) is 0 Å². The number of hydrogen-bond acceptors (Lipinski definition) is 5. The van der Waals surface area contributed by atoms with Crippen molar-refractivity contribution in [2.24, 2.45) is 0 Å². The number of hydrogen-bond donors (Lipinski definition) is 2. The van der Waals surface area contributed by atoms with Crippen LogP contribution in [0.3, 0.4) is 0 Å². The van der Waals surface area contributed by atoms with E-state index < -0.39 is 10.8 Å². The number of nitrogens with zero attached hydrogens (tertiary/aromatic N) is 1. The van der Waals surface area contributed by atoms with Gasteiger partial charge in [0.1, 0.15) is 5.00 Å². The maximum absolute atomic E-state index is 11.1. The maximum Gasteiger partial charge on any atom is 0.184 e. The Kier molecular flexibility index (Phi) is 3.02. The van der Waals surface area contributed by atoms with Crippen molar-refractivity contribution in [3.05, 3.63) is 6.20 Å². The standard InChI is InChI=1S/C8H13N3OS2/c9-7-5-10-8(13-7)11-6-1-3-14(12)4-2-6/h5-6H,1-4,9H2,(H,10,11). The van der Waals surface area contributed by atoms with Gasteiger partial charge in [0.05, 0.1) is 6.20 Å². The van der Waals surface area contributed by atoms with E-state index in [9.17, 15) is 4.21 Å². The quantitative estimate of drug-likeness (QED) is 0.798. The minimum Gasteiger partial charge on any atom is -0.389 e. The van der Waals surface area contributed by atoms with Crippen LogP contribution in [0.15, 0.2) is 6.20 Å². The number of aromatic nitrogens is 1. The van der Waals surface area contributed by atoms with Crippen LogP contribution in [-0.4, -0.2) is 26.7 Å². The molecule has 0 amide bonds. The third-order valence-electron chi connectivity index (χ3n) is 2.24. The first-order valence-corrected chi connectivity index (χ1v) is 6.87. The highest BCUT2D eigenvalue weighted by Crippen LogP contribution is 2.22. The first-order valence-electron chi connectivity index (χ1n) is 4.57. The van der Waals surface area contributed by atoms with E-state index in [1.807, 2.05) is 0 Å². The second-order valence-electron chi connectivity index (χ2n) is 3.33. The second-order valence-corrected chi connectivity index (χ2v) is 6.09. The molecule has 1 aromatic heterocycles. The van der Waals surface area contributed by atoms with Crippen LogP contribution in [0.5, 0.6) is 0 Å². The average Bonchev–Trinajstić information content (AvgIpc) is 2.56. The maximum atomic E-state index is 11.1. The van der Waals surface area contributed by atoms with Crippen LogP contribution < -0.4 is 11.1 Å². The lowest BCUT2D eigenvalue weighted by atomic mass is 10.2. The van der Waals surface area contributed by atoms with Crippen molar-refractivity contribution < 1.29 is 4.21 Å². The topological polar surface area (TPSA) is 68.0 Å². The summed E-state index contributed by atoms with van der Waals surface area (Å²) in [5, 5.41) is 4.92. The number of nitrogens with one attached hydrogen (secondary N) is 1. The highest BCUT2D eigenvalue weighted by Gasteiger charge is 2.18. The van der Waals surface area contributed by atoms with Crippen LogP contribution in [0.2, 0.25) is 0 Å². The molecule has 0 unspecified atom stereocenters. The third-order valence-corrected chi connectivity index (χ3v) is 4.38. The Bertz CT molecular complexity index is 329. The van der Waals surface area contributed by atoms with Gasteiger partial charge >= 0.3 is 0 Å². The molecule has 0 aromatic carbocycles. The molecule has 0 saturated carbocycles. The van der Waals surface area contributed by atoms with Crippen LogP contribution in [-0.2, 0) is 10.8 Å². The van der Waals surface area contributed by atoms with E-state index in [1.54, 1.807) is 6.20 Å². The van der Waals surface area contributed by atoms with Gasteiger partial charge in [0.25, 0.3) is 0 Å². The molecule has 4 nitrogen and oxygen atoms in total. The Morgan fingerprint density at radius 3 is 2.86 bits per heavy atom. The average molecular weight is 231 g/mol. The van der Waals surface area contributed by atoms with Gasteiger partial charge in [-0.05, 0) is 12.8 Å². The lowest BCUT2D eigenvalue weighted by Crippen LogP contribution is -2.29. The molecule has 1 aliphatic heterocycles. The summed E-state index contributed by atoms with van der Waals surface area (Å²) in [7, 11) is -0.595. The van der Waals surface area contributed by atoms with Gasteiger partial charge in [-0.3, -0.25) is 4.21 Å². The summed E-state index contributed by atoms with van der Waals surface area (Å²) in [6.45, 7) is 0. The number of thiazole rings is 1. The molecule has 0 atom stereocenters. The minimum atomic E-state index is -0.595. The monoisotopic (exact) mass is 231 g/mol. The van der Waals surface area contributed by atoms with Crippen molar-refractivity contribution in [3.8, 4) is 0 Å². The number of rotatable bonds is 2. The van der Waals surface area contributed by atoms with Crippen LogP contribution in [0, 0.1) is 0 Å². The summed E-state index contributed by atoms with van der Waals surface area (Å²) in [6, 6.07) is 0.415. The predicted octanol–water partition coefficient (Wildman–Crippen LogP) is 1.05. The van der Waals surface area contributed by atoms with Crippen molar-refractivity contribution in [2.45, 2.75) is 18.9 Å². The molecular weight excluding hydrogens is 218 g/mol. The smallest absolute Gasteiger partial charge is 0.184 e. The fraction of sp³-hybridized carbons (Fsp3) is 0.625. The Labute approximate surface area is 89.4 Å². The molecule has 3 N–H and O–H groups in total. The highest BCUT2D eigenvalue weighted by atomic mass is 32.2. The predicted molar refractivity (Wildman–Crippen MR) is 61.0 cm³/mol. The van der Waals surface area contributed by atoms with Gasteiger partial charge in [0, 0.05) is 28.3 Å². The normalized spacial score (nSPS) is 27.4. The van der Waals surface area contributed by atoms with Crippen LogP contribution in [0.4, 0.5) is 10.1 Å². The van der Waals surface area contributed by atoms with Crippen molar-refractivity contribution in [1.29, 1.82) is 0 Å². The molecule has 0 bridgehead atoms. The molecule has 6 heteroatoms. The zero-order chi connectivity index (χ0) is 9.97. The van der Waals surface area contributed by atoms with E-state index in [0.29, 0.717) is 6.04 Å². The lowest BCUT2D eigenvalue weighted by Gasteiger charge is -2.21. The van der Waals surface area contributed by atoms with Gasteiger partial charge in [-0.2, -0.15) is 0 Å². The van der Waals surface area contributed by atoms with Gasteiger partial charge in [-0.15, -0.1) is 0 Å². The molecule has 14 heavy (non-hydrogen) atoms. The summed E-state index contributed by atoms with van der Waals surface area (Å²) in [5.41, 5.74) is 5.57. The Hall–Kier alpha value is -0.620. The van der Waals surface area contributed by atoms with E-state index in [2.05, 4.69) is 10.3 Å².